The topological polar surface area (TPSA) is 78.9 Å². The third-order valence-corrected chi connectivity index (χ3v) is 10.0. The van der Waals surface area contributed by atoms with E-state index in [0.29, 0.717) is 19.3 Å². The summed E-state index contributed by atoms with van der Waals surface area (Å²) in [7, 11) is 0. The van der Waals surface area contributed by atoms with Crippen LogP contribution in [-0.2, 0) is 28.6 Å². The van der Waals surface area contributed by atoms with Crippen LogP contribution in [0.3, 0.4) is 0 Å². The standard InChI is InChI=1S/C55H90O6/c1-4-7-10-13-16-19-22-24-26-28-30-31-33-36-39-42-45-48-54(57)60-51-52(50-59-53(56)47-44-41-38-35-21-18-15-12-9-6-3)61-55(58)49-46-43-40-37-34-32-29-27-25-23-20-17-14-11-8-5-2/h7,10,12,15-16,19-20,23-24,26-27,29-31,36,39,52H,4-6,8-9,11,13-14,17-18,21-22,25,28,32-35,37-38,40-51H2,1-3H3/b10-7-,15-12-,19-16-,23-20-,26-24-,29-27-,31-30-,39-36-. The van der Waals surface area contributed by atoms with Crippen LogP contribution >= 0.6 is 0 Å². The number of hydrogen-bond acceptors (Lipinski definition) is 6. The lowest BCUT2D eigenvalue weighted by Crippen LogP contribution is -2.30. The maximum absolute atomic E-state index is 12.8. The molecule has 0 spiro atoms. The summed E-state index contributed by atoms with van der Waals surface area (Å²) < 4.78 is 16.7. The molecule has 6 nitrogen and oxygen atoms in total. The van der Waals surface area contributed by atoms with Crippen molar-refractivity contribution in [2.24, 2.45) is 0 Å². The zero-order chi connectivity index (χ0) is 44.4. The molecule has 0 aromatic heterocycles. The van der Waals surface area contributed by atoms with Gasteiger partial charge < -0.3 is 14.2 Å². The van der Waals surface area contributed by atoms with Crippen molar-refractivity contribution in [3.8, 4) is 0 Å². The Morgan fingerprint density at radius 1 is 0.344 bits per heavy atom. The molecule has 1 atom stereocenters. The van der Waals surface area contributed by atoms with Crippen LogP contribution in [-0.4, -0.2) is 37.2 Å². The first kappa shape index (κ1) is 57.3. The Morgan fingerprint density at radius 3 is 1.15 bits per heavy atom. The molecule has 0 rings (SSSR count). The van der Waals surface area contributed by atoms with E-state index in [-0.39, 0.29) is 37.5 Å². The van der Waals surface area contributed by atoms with Crippen LogP contribution in [0.2, 0.25) is 0 Å². The highest BCUT2D eigenvalue weighted by Gasteiger charge is 2.19. The highest BCUT2D eigenvalue weighted by molar-refractivity contribution is 5.71. The molecule has 0 aromatic rings. The largest absolute Gasteiger partial charge is 0.462 e. The van der Waals surface area contributed by atoms with Crippen LogP contribution in [0.15, 0.2) is 97.2 Å². The van der Waals surface area contributed by atoms with Gasteiger partial charge in [0.2, 0.25) is 0 Å². The van der Waals surface area contributed by atoms with Gasteiger partial charge in [0.05, 0.1) is 0 Å². The molecule has 1 unspecified atom stereocenters. The van der Waals surface area contributed by atoms with Crippen molar-refractivity contribution < 1.29 is 28.6 Å². The molecule has 0 aliphatic rings. The van der Waals surface area contributed by atoms with E-state index in [1.165, 1.54) is 44.9 Å². The average Bonchev–Trinajstić information content (AvgIpc) is 3.26. The molecule has 0 bridgehead atoms. The van der Waals surface area contributed by atoms with Crippen molar-refractivity contribution in [2.45, 2.75) is 219 Å². The van der Waals surface area contributed by atoms with Gasteiger partial charge in [-0.1, -0.05) is 182 Å². The maximum Gasteiger partial charge on any atom is 0.306 e. The normalized spacial score (nSPS) is 12.9. The van der Waals surface area contributed by atoms with Gasteiger partial charge in [-0.3, -0.25) is 14.4 Å². The molecule has 0 aliphatic heterocycles. The number of carbonyl (C=O) groups is 3. The van der Waals surface area contributed by atoms with Gasteiger partial charge >= 0.3 is 17.9 Å². The lowest BCUT2D eigenvalue weighted by molar-refractivity contribution is -0.167. The first-order chi connectivity index (χ1) is 30.0. The summed E-state index contributed by atoms with van der Waals surface area (Å²) in [6.07, 6.45) is 63.9. The third-order valence-electron chi connectivity index (χ3n) is 10.0. The quantitative estimate of drug-likeness (QED) is 0.0263. The van der Waals surface area contributed by atoms with E-state index in [0.717, 1.165) is 122 Å². The molecule has 0 N–H and O–H groups in total. The summed E-state index contributed by atoms with van der Waals surface area (Å²) in [5.41, 5.74) is 0. The van der Waals surface area contributed by atoms with Gasteiger partial charge in [-0.25, -0.2) is 0 Å². The second kappa shape index (κ2) is 49.0. The Balaban J connectivity index is 4.50. The minimum atomic E-state index is -0.810. The Labute approximate surface area is 375 Å². The molecular weight excluding hydrogens is 757 g/mol. The Morgan fingerprint density at radius 2 is 0.689 bits per heavy atom. The van der Waals surface area contributed by atoms with E-state index in [9.17, 15) is 14.4 Å². The first-order valence-corrected chi connectivity index (χ1v) is 24.7. The smallest absolute Gasteiger partial charge is 0.306 e. The number of carbonyl (C=O) groups excluding carboxylic acids is 3. The summed E-state index contributed by atoms with van der Waals surface area (Å²) in [4.78, 5) is 37.8. The maximum atomic E-state index is 12.8. The Kier molecular flexibility index (Phi) is 46.0. The van der Waals surface area contributed by atoms with Crippen molar-refractivity contribution >= 4 is 17.9 Å². The lowest BCUT2D eigenvalue weighted by atomic mass is 10.1. The fourth-order valence-corrected chi connectivity index (χ4v) is 6.33. The van der Waals surface area contributed by atoms with E-state index < -0.39 is 6.10 Å². The van der Waals surface area contributed by atoms with Gasteiger partial charge in [0.15, 0.2) is 6.10 Å². The van der Waals surface area contributed by atoms with Crippen molar-refractivity contribution in [3.05, 3.63) is 97.2 Å². The fraction of sp³-hybridized carbons (Fsp3) is 0.655. The van der Waals surface area contributed by atoms with Crippen LogP contribution in [0.5, 0.6) is 0 Å². The summed E-state index contributed by atoms with van der Waals surface area (Å²) in [5.74, 6) is -0.998. The second-order valence-electron chi connectivity index (χ2n) is 16.0. The Bertz CT molecular complexity index is 1250. The second-order valence-corrected chi connectivity index (χ2v) is 16.0. The Hall–Kier alpha value is -3.67. The van der Waals surface area contributed by atoms with E-state index in [1.54, 1.807) is 0 Å². The van der Waals surface area contributed by atoms with E-state index in [1.807, 2.05) is 0 Å². The first-order valence-electron chi connectivity index (χ1n) is 24.7. The molecular formula is C55H90O6. The molecule has 0 fully saturated rings. The third kappa shape index (κ3) is 47.2. The van der Waals surface area contributed by atoms with Crippen molar-refractivity contribution in [2.75, 3.05) is 13.2 Å². The highest BCUT2D eigenvalue weighted by Crippen LogP contribution is 2.12. The van der Waals surface area contributed by atoms with Gasteiger partial charge in [-0.15, -0.1) is 0 Å². The van der Waals surface area contributed by atoms with Crippen molar-refractivity contribution in [1.82, 2.24) is 0 Å². The van der Waals surface area contributed by atoms with Gasteiger partial charge in [-0.05, 0) is 109 Å². The van der Waals surface area contributed by atoms with Gasteiger partial charge in [0, 0.05) is 19.3 Å². The van der Waals surface area contributed by atoms with E-state index in [4.69, 9.17) is 14.2 Å². The van der Waals surface area contributed by atoms with Crippen LogP contribution < -0.4 is 0 Å². The number of ether oxygens (including phenoxy) is 3. The SMILES string of the molecule is CC/C=C\C/C=C\C/C=C\C/C=C\C/C=C\CCCC(=O)OCC(COC(=O)CCCCCCC/C=C\CCC)OC(=O)CCCCCCC/C=C\C/C=C\CCCCCC. The molecule has 346 valence electrons. The number of rotatable bonds is 43. The van der Waals surface area contributed by atoms with Crippen molar-refractivity contribution in [1.29, 1.82) is 0 Å². The van der Waals surface area contributed by atoms with E-state index >= 15 is 0 Å². The number of unbranched alkanes of at least 4 members (excludes halogenated alkanes) is 16. The molecule has 0 heterocycles. The van der Waals surface area contributed by atoms with Crippen LogP contribution in [0.25, 0.3) is 0 Å². The number of esters is 3. The summed E-state index contributed by atoms with van der Waals surface area (Å²) in [6, 6.07) is 0. The molecule has 6 heteroatoms. The summed E-state index contributed by atoms with van der Waals surface area (Å²) in [5, 5.41) is 0. The van der Waals surface area contributed by atoms with Crippen LogP contribution in [0.4, 0.5) is 0 Å². The minimum absolute atomic E-state index is 0.107. The molecule has 0 saturated heterocycles. The predicted molar refractivity (Wildman–Crippen MR) is 260 cm³/mol. The molecule has 0 amide bonds. The molecule has 61 heavy (non-hydrogen) atoms. The molecule has 0 aromatic carbocycles. The van der Waals surface area contributed by atoms with Crippen molar-refractivity contribution in [3.63, 3.8) is 0 Å². The molecule has 0 radical (unpaired) electrons. The van der Waals surface area contributed by atoms with Crippen LogP contribution in [0.1, 0.15) is 213 Å². The summed E-state index contributed by atoms with van der Waals surface area (Å²) in [6.45, 7) is 6.36. The lowest BCUT2D eigenvalue weighted by Gasteiger charge is -2.18. The fourth-order valence-electron chi connectivity index (χ4n) is 6.33. The molecule has 0 saturated carbocycles. The highest BCUT2D eigenvalue weighted by atomic mass is 16.6. The number of hydrogen-bond donors (Lipinski definition) is 0. The monoisotopic (exact) mass is 847 g/mol. The van der Waals surface area contributed by atoms with Gasteiger partial charge in [0.1, 0.15) is 13.2 Å². The molecule has 0 aliphatic carbocycles. The predicted octanol–water partition coefficient (Wildman–Crippen LogP) is 16.2. The summed E-state index contributed by atoms with van der Waals surface area (Å²) >= 11 is 0. The minimum Gasteiger partial charge on any atom is -0.462 e. The van der Waals surface area contributed by atoms with Crippen LogP contribution in [0, 0.1) is 0 Å². The van der Waals surface area contributed by atoms with Gasteiger partial charge in [-0.2, -0.15) is 0 Å². The van der Waals surface area contributed by atoms with E-state index in [2.05, 4.69) is 118 Å². The zero-order valence-corrected chi connectivity index (χ0v) is 39.4. The van der Waals surface area contributed by atoms with Gasteiger partial charge in [0.25, 0.3) is 0 Å². The average molecular weight is 847 g/mol. The number of allylic oxidation sites excluding steroid dienone is 16. The zero-order valence-electron chi connectivity index (χ0n) is 39.4.